The lowest BCUT2D eigenvalue weighted by molar-refractivity contribution is -0.147. The second-order valence-electron chi connectivity index (χ2n) is 5.42. The number of aromatic nitrogens is 2. The highest BCUT2D eigenvalue weighted by Crippen LogP contribution is 2.20. The lowest BCUT2D eigenvalue weighted by atomic mass is 9.97. The Morgan fingerprint density at radius 3 is 2.95 bits per heavy atom. The van der Waals surface area contributed by atoms with E-state index >= 15 is 0 Å². The van der Waals surface area contributed by atoms with Gasteiger partial charge >= 0.3 is 5.97 Å². The molecule has 112 valence electrons. The zero-order chi connectivity index (χ0) is 14.8. The van der Waals surface area contributed by atoms with Gasteiger partial charge < -0.3 is 9.72 Å². The zero-order valence-corrected chi connectivity index (χ0v) is 11.9. The normalized spacial score (nSPS) is 17.2. The van der Waals surface area contributed by atoms with Gasteiger partial charge in [-0.05, 0) is 44.1 Å². The number of halogens is 1. The smallest absolute Gasteiger partial charge is 0.308 e. The maximum atomic E-state index is 13.2. The van der Waals surface area contributed by atoms with E-state index in [0.717, 1.165) is 42.8 Å². The molecule has 0 saturated carbocycles. The standard InChI is InChI=1S/C15H18FN3O2/c1-21-15(20)10-4-6-19(7-5-10)9-14-17-12-3-2-11(16)8-13(12)18-14/h2-3,8,10H,4-7,9H2,1H3,(H,17,18). The maximum Gasteiger partial charge on any atom is 0.308 e. The summed E-state index contributed by atoms with van der Waals surface area (Å²) >= 11 is 0. The first kappa shape index (κ1) is 14.0. The number of esters is 1. The van der Waals surface area contributed by atoms with Gasteiger partial charge in [-0.3, -0.25) is 9.69 Å². The number of nitrogens with one attached hydrogen (secondary N) is 1. The highest BCUT2D eigenvalue weighted by atomic mass is 19.1. The number of hydrogen-bond acceptors (Lipinski definition) is 4. The Balaban J connectivity index is 1.63. The second-order valence-corrected chi connectivity index (χ2v) is 5.42. The van der Waals surface area contributed by atoms with Gasteiger partial charge in [0, 0.05) is 0 Å². The summed E-state index contributed by atoms with van der Waals surface area (Å²) in [5, 5.41) is 0. The molecule has 1 fully saturated rings. The molecule has 1 saturated heterocycles. The zero-order valence-electron chi connectivity index (χ0n) is 11.9. The molecule has 0 spiro atoms. The third-order valence-electron chi connectivity index (χ3n) is 3.99. The van der Waals surface area contributed by atoms with Gasteiger partial charge in [0.25, 0.3) is 0 Å². The van der Waals surface area contributed by atoms with Gasteiger partial charge in [0.1, 0.15) is 11.6 Å². The van der Waals surface area contributed by atoms with Crippen molar-refractivity contribution in [3.63, 3.8) is 0 Å². The Labute approximate surface area is 122 Å². The van der Waals surface area contributed by atoms with Crippen molar-refractivity contribution in [3.05, 3.63) is 29.8 Å². The van der Waals surface area contributed by atoms with Crippen molar-refractivity contribution in [3.8, 4) is 0 Å². The Kier molecular flexibility index (Phi) is 3.88. The predicted octanol–water partition coefficient (Wildman–Crippen LogP) is 2.09. The van der Waals surface area contributed by atoms with Crippen LogP contribution in [0.5, 0.6) is 0 Å². The van der Waals surface area contributed by atoms with E-state index in [4.69, 9.17) is 4.74 Å². The molecule has 0 aliphatic carbocycles. The number of rotatable bonds is 3. The van der Waals surface area contributed by atoms with Crippen molar-refractivity contribution < 1.29 is 13.9 Å². The fourth-order valence-corrected chi connectivity index (χ4v) is 2.81. The van der Waals surface area contributed by atoms with E-state index in [9.17, 15) is 9.18 Å². The van der Waals surface area contributed by atoms with Crippen LogP contribution in [0.2, 0.25) is 0 Å². The fourth-order valence-electron chi connectivity index (χ4n) is 2.81. The van der Waals surface area contributed by atoms with Gasteiger partial charge in [-0.15, -0.1) is 0 Å². The van der Waals surface area contributed by atoms with Gasteiger partial charge in [0.15, 0.2) is 0 Å². The Morgan fingerprint density at radius 1 is 1.48 bits per heavy atom. The number of carbonyl (C=O) groups is 1. The molecular formula is C15H18FN3O2. The van der Waals surface area contributed by atoms with Crippen LogP contribution in [0, 0.1) is 11.7 Å². The lowest BCUT2D eigenvalue weighted by Gasteiger charge is -2.29. The number of likely N-dealkylation sites (tertiary alicyclic amines) is 1. The average molecular weight is 291 g/mol. The minimum Gasteiger partial charge on any atom is -0.469 e. The van der Waals surface area contributed by atoms with E-state index in [-0.39, 0.29) is 17.7 Å². The average Bonchev–Trinajstić information content (AvgIpc) is 2.88. The van der Waals surface area contributed by atoms with E-state index in [1.165, 1.54) is 19.2 Å². The predicted molar refractivity (Wildman–Crippen MR) is 76.1 cm³/mol. The number of aromatic amines is 1. The number of ether oxygens (including phenoxy) is 1. The molecule has 1 aromatic heterocycles. The molecule has 0 radical (unpaired) electrons. The Hall–Kier alpha value is -1.95. The molecule has 0 atom stereocenters. The summed E-state index contributed by atoms with van der Waals surface area (Å²) in [6, 6.07) is 4.54. The van der Waals surface area contributed by atoms with E-state index in [1.54, 1.807) is 6.07 Å². The van der Waals surface area contributed by atoms with Crippen LogP contribution in [0.3, 0.4) is 0 Å². The number of imidazole rings is 1. The summed E-state index contributed by atoms with van der Waals surface area (Å²) in [5.74, 6) is 0.452. The first-order valence-corrected chi connectivity index (χ1v) is 7.10. The summed E-state index contributed by atoms with van der Waals surface area (Å²) < 4.78 is 17.9. The molecule has 0 amide bonds. The maximum absolute atomic E-state index is 13.2. The van der Waals surface area contributed by atoms with Crippen LogP contribution in [-0.2, 0) is 16.1 Å². The largest absolute Gasteiger partial charge is 0.469 e. The van der Waals surface area contributed by atoms with Crippen molar-refractivity contribution in [1.82, 2.24) is 14.9 Å². The first-order valence-electron chi connectivity index (χ1n) is 7.10. The Bertz CT molecular complexity index is 647. The van der Waals surface area contributed by atoms with Crippen LogP contribution in [0.25, 0.3) is 11.0 Å². The number of H-pyrrole nitrogens is 1. The SMILES string of the molecule is COC(=O)C1CCN(Cc2nc3ccc(F)cc3[nH]2)CC1. The van der Waals surface area contributed by atoms with Crippen molar-refractivity contribution in [2.75, 3.05) is 20.2 Å². The quantitative estimate of drug-likeness (QED) is 0.880. The van der Waals surface area contributed by atoms with Crippen LogP contribution < -0.4 is 0 Å². The van der Waals surface area contributed by atoms with E-state index < -0.39 is 0 Å². The van der Waals surface area contributed by atoms with Crippen LogP contribution in [0.1, 0.15) is 18.7 Å². The number of nitrogens with zero attached hydrogens (tertiary/aromatic N) is 2. The molecule has 2 heterocycles. The molecule has 21 heavy (non-hydrogen) atoms. The molecule has 6 heteroatoms. The summed E-state index contributed by atoms with van der Waals surface area (Å²) in [6.45, 7) is 2.36. The summed E-state index contributed by atoms with van der Waals surface area (Å²) in [6.07, 6.45) is 1.61. The third kappa shape index (κ3) is 3.05. The first-order chi connectivity index (χ1) is 10.2. The number of carbonyl (C=O) groups excluding carboxylic acids is 1. The molecule has 0 unspecified atom stereocenters. The van der Waals surface area contributed by atoms with Crippen molar-refractivity contribution in [2.24, 2.45) is 5.92 Å². The highest BCUT2D eigenvalue weighted by molar-refractivity contribution is 5.75. The van der Waals surface area contributed by atoms with Gasteiger partial charge in [-0.25, -0.2) is 9.37 Å². The highest BCUT2D eigenvalue weighted by Gasteiger charge is 2.25. The minimum atomic E-state index is -0.267. The van der Waals surface area contributed by atoms with Crippen LogP contribution >= 0.6 is 0 Å². The van der Waals surface area contributed by atoms with Crippen molar-refractivity contribution in [2.45, 2.75) is 19.4 Å². The van der Waals surface area contributed by atoms with Gasteiger partial charge in [0.05, 0.1) is 30.6 Å². The molecule has 1 aliphatic heterocycles. The molecule has 0 bridgehead atoms. The minimum absolute atomic E-state index is 0.0102. The summed E-state index contributed by atoms with van der Waals surface area (Å²) in [4.78, 5) is 21.3. The number of fused-ring (bicyclic) bond motifs is 1. The van der Waals surface area contributed by atoms with Gasteiger partial charge in [-0.2, -0.15) is 0 Å². The number of piperidine rings is 1. The third-order valence-corrected chi connectivity index (χ3v) is 3.99. The molecular weight excluding hydrogens is 273 g/mol. The molecule has 2 aromatic rings. The molecule has 5 nitrogen and oxygen atoms in total. The van der Waals surface area contributed by atoms with Gasteiger partial charge in [0.2, 0.25) is 0 Å². The van der Waals surface area contributed by atoms with Gasteiger partial charge in [-0.1, -0.05) is 0 Å². The molecule has 1 aliphatic rings. The second kappa shape index (κ2) is 5.81. The number of hydrogen-bond donors (Lipinski definition) is 1. The van der Waals surface area contributed by atoms with E-state index in [2.05, 4.69) is 14.9 Å². The molecule has 1 N–H and O–H groups in total. The number of methoxy groups -OCH3 is 1. The van der Waals surface area contributed by atoms with Crippen LogP contribution in [-0.4, -0.2) is 41.0 Å². The van der Waals surface area contributed by atoms with Crippen LogP contribution in [0.15, 0.2) is 18.2 Å². The van der Waals surface area contributed by atoms with E-state index in [0.29, 0.717) is 6.54 Å². The van der Waals surface area contributed by atoms with Crippen LogP contribution in [0.4, 0.5) is 4.39 Å². The topological polar surface area (TPSA) is 58.2 Å². The monoisotopic (exact) mass is 291 g/mol. The lowest BCUT2D eigenvalue weighted by Crippen LogP contribution is -2.36. The summed E-state index contributed by atoms with van der Waals surface area (Å²) in [7, 11) is 1.43. The molecule has 3 rings (SSSR count). The Morgan fingerprint density at radius 2 is 2.24 bits per heavy atom. The fraction of sp³-hybridized carbons (Fsp3) is 0.467. The van der Waals surface area contributed by atoms with E-state index in [1.807, 2.05) is 0 Å². The number of benzene rings is 1. The van der Waals surface area contributed by atoms with Crippen molar-refractivity contribution in [1.29, 1.82) is 0 Å². The van der Waals surface area contributed by atoms with Crippen molar-refractivity contribution >= 4 is 17.0 Å². The molecule has 1 aromatic carbocycles. The summed E-state index contributed by atoms with van der Waals surface area (Å²) in [5.41, 5.74) is 1.49.